The number of pyridine rings is 1. The number of alkyl halides is 5. The molecule has 0 saturated heterocycles. The van der Waals surface area contributed by atoms with Crippen LogP contribution in [0.2, 0.25) is 0 Å². The van der Waals surface area contributed by atoms with Crippen LogP contribution >= 0.6 is 0 Å². The molecule has 2 aromatic heterocycles. The first-order valence-electron chi connectivity index (χ1n) is 10.8. The molecule has 1 atom stereocenters. The molecule has 182 valence electrons. The van der Waals surface area contributed by atoms with E-state index < -0.39 is 53.1 Å². The zero-order valence-electron chi connectivity index (χ0n) is 18.1. The van der Waals surface area contributed by atoms with Gasteiger partial charge in [-0.1, -0.05) is 12.1 Å². The Labute approximate surface area is 190 Å². The lowest BCUT2D eigenvalue weighted by Gasteiger charge is -2.39. The van der Waals surface area contributed by atoms with Crippen LogP contribution in [0.5, 0.6) is 5.75 Å². The van der Waals surface area contributed by atoms with Crippen LogP contribution in [0.15, 0.2) is 36.5 Å². The predicted molar refractivity (Wildman–Crippen MR) is 108 cm³/mol. The van der Waals surface area contributed by atoms with E-state index in [4.69, 9.17) is 9.47 Å². The molecule has 2 fully saturated rings. The number of rotatable bonds is 5. The molecule has 2 aliphatic carbocycles. The van der Waals surface area contributed by atoms with E-state index in [9.17, 15) is 26.3 Å². The number of halogens is 6. The van der Waals surface area contributed by atoms with Crippen molar-refractivity contribution in [3.63, 3.8) is 0 Å². The maximum absolute atomic E-state index is 14.0. The van der Waals surface area contributed by atoms with E-state index in [1.807, 2.05) is 0 Å². The molecule has 0 bridgehead atoms. The molecule has 34 heavy (non-hydrogen) atoms. The van der Waals surface area contributed by atoms with Crippen molar-refractivity contribution in [3.8, 4) is 5.75 Å². The highest BCUT2D eigenvalue weighted by molar-refractivity contribution is 5.57. The number of fused-ring (bicyclic) bond motifs is 1. The zero-order valence-corrected chi connectivity index (χ0v) is 18.1. The van der Waals surface area contributed by atoms with Crippen LogP contribution < -0.4 is 4.74 Å². The quantitative estimate of drug-likeness (QED) is 0.424. The van der Waals surface area contributed by atoms with Crippen LogP contribution in [0.25, 0.3) is 5.65 Å². The van der Waals surface area contributed by atoms with E-state index in [-0.39, 0.29) is 11.6 Å². The van der Waals surface area contributed by atoms with Crippen molar-refractivity contribution in [3.05, 3.63) is 59.3 Å². The van der Waals surface area contributed by atoms with Crippen molar-refractivity contribution in [2.75, 3.05) is 7.11 Å². The van der Waals surface area contributed by atoms with Crippen molar-refractivity contribution in [2.45, 2.75) is 61.8 Å². The molecule has 1 aromatic carbocycles. The molecule has 0 spiro atoms. The number of aromatic nitrogens is 3. The second kappa shape index (κ2) is 7.86. The Kier molecular flexibility index (Phi) is 5.30. The molecule has 1 unspecified atom stereocenters. The van der Waals surface area contributed by atoms with Gasteiger partial charge in [0.2, 0.25) is 0 Å². The normalized spacial score (nSPS) is 26.6. The Morgan fingerprint density at radius 3 is 2.24 bits per heavy atom. The van der Waals surface area contributed by atoms with Crippen molar-refractivity contribution in [1.29, 1.82) is 0 Å². The lowest BCUT2D eigenvalue weighted by atomic mass is 9.78. The molecular weight excluding hydrogens is 464 g/mol. The highest BCUT2D eigenvalue weighted by Gasteiger charge is 2.60. The second-order valence-corrected chi connectivity index (χ2v) is 8.84. The van der Waals surface area contributed by atoms with Crippen molar-refractivity contribution >= 4 is 5.65 Å². The SMILES string of the molecule is CO[C@]1(c2ccc(F)cc2)CC[C@@H](Oc2ccn3c(C4CC4(F)F)nnc3c2C(F)(F)F)CC1. The molecule has 0 amide bonds. The average Bonchev–Trinajstić information content (AvgIpc) is 3.22. The molecule has 3 aromatic rings. The van der Waals surface area contributed by atoms with Gasteiger partial charge in [-0.2, -0.15) is 13.2 Å². The summed E-state index contributed by atoms with van der Waals surface area (Å²) in [6.07, 6.45) is -2.84. The smallest absolute Gasteiger partial charge is 0.423 e. The van der Waals surface area contributed by atoms with Crippen LogP contribution in [0, 0.1) is 5.82 Å². The number of ether oxygens (including phenoxy) is 2. The standard InChI is InChI=1S/C23H21F6N3O2/c1-33-21(13-2-4-14(24)5-3-13)9-6-15(7-10-21)34-17-8-11-32-19(16-12-22(16,25)26)30-31-20(32)18(17)23(27,28)29/h2-5,8,11,15-16H,6-7,9-10,12H2,1H3/t15-,16?,21-. The summed E-state index contributed by atoms with van der Waals surface area (Å²) in [5, 5.41) is 7.20. The van der Waals surface area contributed by atoms with Crippen molar-refractivity contribution < 1.29 is 35.8 Å². The molecule has 11 heteroatoms. The number of hydrogen-bond acceptors (Lipinski definition) is 4. The summed E-state index contributed by atoms with van der Waals surface area (Å²) in [4.78, 5) is 0. The van der Waals surface area contributed by atoms with Gasteiger partial charge in [-0.3, -0.25) is 4.40 Å². The van der Waals surface area contributed by atoms with Gasteiger partial charge in [0.1, 0.15) is 23.0 Å². The maximum Gasteiger partial charge on any atom is 0.423 e. The third kappa shape index (κ3) is 3.89. The third-order valence-electron chi connectivity index (χ3n) is 6.78. The first kappa shape index (κ1) is 22.9. The molecule has 5 rings (SSSR count). The van der Waals surface area contributed by atoms with Gasteiger partial charge in [0.25, 0.3) is 5.92 Å². The van der Waals surface area contributed by atoms with Gasteiger partial charge in [-0.05, 0) is 49.4 Å². The summed E-state index contributed by atoms with van der Waals surface area (Å²) < 4.78 is 94.7. The van der Waals surface area contributed by atoms with Crippen LogP contribution in [0.1, 0.15) is 55.0 Å². The van der Waals surface area contributed by atoms with Gasteiger partial charge in [0.05, 0.1) is 17.6 Å². The molecule has 2 saturated carbocycles. The van der Waals surface area contributed by atoms with Gasteiger partial charge in [0.15, 0.2) is 5.65 Å². The zero-order chi connectivity index (χ0) is 24.3. The lowest BCUT2D eigenvalue weighted by molar-refractivity contribution is -0.138. The minimum absolute atomic E-state index is 0.195. The first-order valence-corrected chi connectivity index (χ1v) is 10.8. The molecular formula is C23H21F6N3O2. The first-order chi connectivity index (χ1) is 16.0. The van der Waals surface area contributed by atoms with Gasteiger partial charge in [-0.25, -0.2) is 13.2 Å². The molecule has 0 radical (unpaired) electrons. The van der Waals surface area contributed by atoms with Crippen LogP contribution in [-0.2, 0) is 16.5 Å². The van der Waals surface area contributed by atoms with Gasteiger partial charge >= 0.3 is 6.18 Å². The van der Waals surface area contributed by atoms with Gasteiger partial charge in [-0.15, -0.1) is 10.2 Å². The largest absolute Gasteiger partial charge is 0.490 e. The summed E-state index contributed by atoms with van der Waals surface area (Å²) in [5.41, 5.74) is -1.59. The summed E-state index contributed by atoms with van der Waals surface area (Å²) in [5.74, 6) is -5.22. The Morgan fingerprint density at radius 1 is 1.03 bits per heavy atom. The third-order valence-corrected chi connectivity index (χ3v) is 6.78. The number of methoxy groups -OCH3 is 1. The molecule has 0 aliphatic heterocycles. The predicted octanol–water partition coefficient (Wildman–Crippen LogP) is 5.87. The average molecular weight is 485 g/mol. The highest BCUT2D eigenvalue weighted by Crippen LogP contribution is 2.55. The summed E-state index contributed by atoms with van der Waals surface area (Å²) in [6.45, 7) is 0. The Hall–Kier alpha value is -2.82. The lowest BCUT2D eigenvalue weighted by Crippen LogP contribution is -2.37. The minimum Gasteiger partial charge on any atom is -0.490 e. The van der Waals surface area contributed by atoms with E-state index in [1.54, 1.807) is 19.2 Å². The molecule has 2 aliphatic rings. The summed E-state index contributed by atoms with van der Waals surface area (Å²) in [7, 11) is 1.55. The van der Waals surface area contributed by atoms with Gasteiger partial charge < -0.3 is 9.47 Å². The fourth-order valence-corrected chi connectivity index (χ4v) is 4.77. The number of hydrogen-bond donors (Lipinski definition) is 0. The van der Waals surface area contributed by atoms with Gasteiger partial charge in [0, 0.05) is 19.7 Å². The Balaban J connectivity index is 1.39. The van der Waals surface area contributed by atoms with E-state index in [0.717, 1.165) is 16.0 Å². The second-order valence-electron chi connectivity index (χ2n) is 8.84. The van der Waals surface area contributed by atoms with Crippen LogP contribution in [-0.4, -0.2) is 33.7 Å². The van der Waals surface area contributed by atoms with Crippen molar-refractivity contribution in [1.82, 2.24) is 14.6 Å². The molecule has 2 heterocycles. The topological polar surface area (TPSA) is 48.7 Å². The van der Waals surface area contributed by atoms with E-state index in [1.165, 1.54) is 18.3 Å². The summed E-state index contributed by atoms with van der Waals surface area (Å²) in [6, 6.07) is 7.09. The summed E-state index contributed by atoms with van der Waals surface area (Å²) >= 11 is 0. The van der Waals surface area contributed by atoms with Crippen LogP contribution in [0.4, 0.5) is 26.3 Å². The Bertz CT molecular complexity index is 1200. The monoisotopic (exact) mass is 485 g/mol. The number of nitrogens with zero attached hydrogens (tertiary/aromatic N) is 3. The number of benzene rings is 1. The van der Waals surface area contributed by atoms with Crippen LogP contribution in [0.3, 0.4) is 0 Å². The van der Waals surface area contributed by atoms with E-state index in [2.05, 4.69) is 10.2 Å². The molecule has 5 nitrogen and oxygen atoms in total. The fourth-order valence-electron chi connectivity index (χ4n) is 4.77. The molecule has 0 N–H and O–H groups in total. The highest BCUT2D eigenvalue weighted by atomic mass is 19.4. The van der Waals surface area contributed by atoms with E-state index >= 15 is 0 Å². The van der Waals surface area contributed by atoms with E-state index in [0.29, 0.717) is 25.7 Å². The fraction of sp³-hybridized carbons (Fsp3) is 0.478. The minimum atomic E-state index is -4.83. The Morgan fingerprint density at radius 2 is 1.68 bits per heavy atom. The van der Waals surface area contributed by atoms with Crippen molar-refractivity contribution in [2.24, 2.45) is 0 Å². The maximum atomic E-state index is 14.0.